The minimum Gasteiger partial charge on any atom is -0.486 e. The number of carboxylic acid groups (broad SMARTS) is 1. The molecule has 0 radical (unpaired) electrons. The Labute approximate surface area is 171 Å². The molecule has 1 aromatic heterocycles. The van der Waals surface area contributed by atoms with Crippen LogP contribution in [0.3, 0.4) is 0 Å². The molecule has 30 heavy (non-hydrogen) atoms. The average molecular weight is 403 g/mol. The third-order valence-corrected chi connectivity index (χ3v) is 4.59. The molecule has 3 aromatic rings. The second-order valence-electron chi connectivity index (χ2n) is 6.61. The van der Waals surface area contributed by atoms with Crippen LogP contribution in [0.4, 0.5) is 5.69 Å². The molecule has 0 aliphatic carbocycles. The zero-order valence-electron chi connectivity index (χ0n) is 15.8. The number of aromatic nitrogens is 1. The van der Waals surface area contributed by atoms with Gasteiger partial charge >= 0.3 is 5.97 Å². The second-order valence-corrected chi connectivity index (χ2v) is 6.61. The van der Waals surface area contributed by atoms with Crippen molar-refractivity contribution in [1.29, 1.82) is 5.26 Å². The molecule has 0 unspecified atom stereocenters. The predicted molar refractivity (Wildman–Crippen MR) is 109 cm³/mol. The molecule has 2 aromatic carbocycles. The maximum absolute atomic E-state index is 12.7. The molecule has 8 heteroatoms. The molecule has 1 aliphatic heterocycles. The van der Waals surface area contributed by atoms with Crippen LogP contribution in [0.5, 0.6) is 11.5 Å². The number of amides is 1. The van der Waals surface area contributed by atoms with Crippen molar-refractivity contribution < 1.29 is 24.2 Å². The predicted octanol–water partition coefficient (Wildman–Crippen LogP) is 3.04. The van der Waals surface area contributed by atoms with Crippen LogP contribution < -0.4 is 14.8 Å². The Bertz CT molecular complexity index is 1220. The first-order chi connectivity index (χ1) is 14.5. The van der Waals surface area contributed by atoms with Gasteiger partial charge in [-0.25, -0.2) is 0 Å². The second kappa shape index (κ2) is 8.01. The summed E-state index contributed by atoms with van der Waals surface area (Å²) in [5.41, 5.74) is 1.65. The van der Waals surface area contributed by atoms with Gasteiger partial charge in [-0.3, -0.25) is 9.59 Å². The van der Waals surface area contributed by atoms with E-state index in [1.807, 2.05) is 18.2 Å². The van der Waals surface area contributed by atoms with Gasteiger partial charge in [0.05, 0.1) is 0 Å². The fraction of sp³-hybridized carbons (Fsp3) is 0.136. The smallest absolute Gasteiger partial charge is 0.323 e. The van der Waals surface area contributed by atoms with Crippen molar-refractivity contribution in [3.8, 4) is 17.6 Å². The van der Waals surface area contributed by atoms with Gasteiger partial charge in [-0.05, 0) is 24.3 Å². The molecule has 0 spiro atoms. The molecule has 1 amide bonds. The highest BCUT2D eigenvalue weighted by Crippen LogP contribution is 2.32. The fourth-order valence-electron chi connectivity index (χ4n) is 3.29. The Balaban J connectivity index is 1.63. The van der Waals surface area contributed by atoms with E-state index in [0.29, 0.717) is 41.5 Å². The van der Waals surface area contributed by atoms with Crippen LogP contribution in [-0.2, 0) is 16.1 Å². The Morgan fingerprint density at radius 3 is 2.70 bits per heavy atom. The molecule has 150 valence electrons. The number of benzene rings is 2. The Hall–Kier alpha value is -4.25. The lowest BCUT2D eigenvalue weighted by atomic mass is 10.1. The molecule has 0 saturated carbocycles. The van der Waals surface area contributed by atoms with Gasteiger partial charge in [0.2, 0.25) is 0 Å². The summed E-state index contributed by atoms with van der Waals surface area (Å²) in [6.07, 6.45) is 3.07. The Morgan fingerprint density at radius 1 is 1.17 bits per heavy atom. The molecule has 4 rings (SSSR count). The van der Waals surface area contributed by atoms with Crippen LogP contribution in [0.25, 0.3) is 17.0 Å². The fourth-order valence-corrected chi connectivity index (χ4v) is 3.29. The highest BCUT2D eigenvalue weighted by Gasteiger charge is 2.16. The quantitative estimate of drug-likeness (QED) is 0.500. The zero-order valence-corrected chi connectivity index (χ0v) is 15.8. The lowest BCUT2D eigenvalue weighted by molar-refractivity contribution is -0.137. The van der Waals surface area contributed by atoms with Crippen molar-refractivity contribution in [2.24, 2.45) is 0 Å². The third-order valence-electron chi connectivity index (χ3n) is 4.59. The van der Waals surface area contributed by atoms with Crippen molar-refractivity contribution in [2.75, 3.05) is 18.5 Å². The van der Waals surface area contributed by atoms with E-state index in [-0.39, 0.29) is 12.1 Å². The summed E-state index contributed by atoms with van der Waals surface area (Å²) in [5, 5.41) is 22.1. The average Bonchev–Trinajstić information content (AvgIpc) is 3.08. The molecule has 0 bridgehead atoms. The molecular formula is C22H17N3O5. The molecule has 1 aliphatic rings. The summed E-state index contributed by atoms with van der Waals surface area (Å²) in [4.78, 5) is 23.8. The number of carbonyl (C=O) groups is 2. The number of fused-ring (bicyclic) bond motifs is 2. The van der Waals surface area contributed by atoms with Gasteiger partial charge in [-0.15, -0.1) is 0 Å². The van der Waals surface area contributed by atoms with Gasteiger partial charge in [0, 0.05) is 34.4 Å². The molecule has 2 N–H and O–H groups in total. The standard InChI is InChI=1S/C22H17N3O5/c23-11-14(22(28)24-16-5-6-19-20(10-16)30-8-7-29-19)9-15-12-25(13-21(26)27)18-4-2-1-3-17(15)18/h1-6,9-10,12H,7-8,13H2,(H,24,28)(H,26,27)/b14-9+. The van der Waals surface area contributed by atoms with Crippen LogP contribution in [-0.4, -0.2) is 34.8 Å². The SMILES string of the molecule is N#C/C(=C\c1cn(CC(=O)O)c2ccccc12)C(=O)Nc1ccc2c(c1)OCCO2. The molecule has 0 saturated heterocycles. The summed E-state index contributed by atoms with van der Waals surface area (Å²) in [6, 6.07) is 14.1. The number of hydrogen-bond donors (Lipinski definition) is 2. The van der Waals surface area contributed by atoms with E-state index in [1.165, 1.54) is 6.08 Å². The highest BCUT2D eigenvalue weighted by atomic mass is 16.6. The van der Waals surface area contributed by atoms with Gasteiger partial charge < -0.3 is 24.5 Å². The number of anilines is 1. The number of nitriles is 1. The first-order valence-electron chi connectivity index (χ1n) is 9.17. The summed E-state index contributed by atoms with van der Waals surface area (Å²) >= 11 is 0. The number of nitrogens with one attached hydrogen (secondary N) is 1. The van der Waals surface area contributed by atoms with E-state index >= 15 is 0 Å². The molecule has 2 heterocycles. The number of aliphatic carboxylic acids is 1. The van der Waals surface area contributed by atoms with Gasteiger partial charge in [0.15, 0.2) is 11.5 Å². The van der Waals surface area contributed by atoms with Crippen LogP contribution >= 0.6 is 0 Å². The van der Waals surface area contributed by atoms with Gasteiger partial charge in [-0.2, -0.15) is 5.26 Å². The van der Waals surface area contributed by atoms with E-state index in [9.17, 15) is 14.9 Å². The number of ether oxygens (including phenoxy) is 2. The highest BCUT2D eigenvalue weighted by molar-refractivity contribution is 6.11. The topological polar surface area (TPSA) is 114 Å². The summed E-state index contributed by atoms with van der Waals surface area (Å²) in [6.45, 7) is 0.670. The largest absolute Gasteiger partial charge is 0.486 e. The third kappa shape index (κ3) is 3.82. The van der Waals surface area contributed by atoms with Gasteiger partial charge in [-0.1, -0.05) is 18.2 Å². The number of carboxylic acids is 1. The lowest BCUT2D eigenvalue weighted by Gasteiger charge is -2.18. The van der Waals surface area contributed by atoms with Crippen molar-refractivity contribution in [3.05, 3.63) is 59.8 Å². The first kappa shape index (κ1) is 19.1. The normalized spacial score (nSPS) is 13.0. The maximum atomic E-state index is 12.7. The van der Waals surface area contributed by atoms with E-state index < -0.39 is 11.9 Å². The lowest BCUT2D eigenvalue weighted by Crippen LogP contribution is -2.17. The minimum atomic E-state index is -0.983. The van der Waals surface area contributed by atoms with Crippen LogP contribution in [0.2, 0.25) is 0 Å². The molecule has 0 atom stereocenters. The van der Waals surface area contributed by atoms with Gasteiger partial charge in [0.25, 0.3) is 5.91 Å². The Kier molecular flexibility index (Phi) is 5.09. The Morgan fingerprint density at radius 2 is 1.93 bits per heavy atom. The van der Waals surface area contributed by atoms with E-state index in [2.05, 4.69) is 5.32 Å². The van der Waals surface area contributed by atoms with E-state index in [4.69, 9.17) is 14.6 Å². The number of rotatable bonds is 5. The molecule has 0 fully saturated rings. The number of para-hydroxylation sites is 1. The van der Waals surface area contributed by atoms with Crippen molar-refractivity contribution in [3.63, 3.8) is 0 Å². The number of carbonyl (C=O) groups excluding carboxylic acids is 1. The molecule has 8 nitrogen and oxygen atoms in total. The van der Waals surface area contributed by atoms with Crippen LogP contribution in [0, 0.1) is 11.3 Å². The van der Waals surface area contributed by atoms with Crippen molar-refractivity contribution >= 4 is 34.5 Å². The number of hydrogen-bond acceptors (Lipinski definition) is 5. The molecular weight excluding hydrogens is 386 g/mol. The first-order valence-corrected chi connectivity index (χ1v) is 9.17. The van der Waals surface area contributed by atoms with Gasteiger partial charge in [0.1, 0.15) is 31.4 Å². The summed E-state index contributed by atoms with van der Waals surface area (Å²) < 4.78 is 12.5. The minimum absolute atomic E-state index is 0.108. The van der Waals surface area contributed by atoms with Crippen LogP contribution in [0.15, 0.2) is 54.2 Å². The zero-order chi connectivity index (χ0) is 21.1. The van der Waals surface area contributed by atoms with Crippen molar-refractivity contribution in [2.45, 2.75) is 6.54 Å². The van der Waals surface area contributed by atoms with Crippen molar-refractivity contribution in [1.82, 2.24) is 4.57 Å². The summed E-state index contributed by atoms with van der Waals surface area (Å²) in [5.74, 6) is -0.438. The summed E-state index contributed by atoms with van der Waals surface area (Å²) in [7, 11) is 0. The van der Waals surface area contributed by atoms with E-state index in [1.54, 1.807) is 41.1 Å². The maximum Gasteiger partial charge on any atom is 0.323 e. The monoisotopic (exact) mass is 403 g/mol. The van der Waals surface area contributed by atoms with Crippen LogP contribution in [0.1, 0.15) is 5.56 Å². The number of nitrogens with zero attached hydrogens (tertiary/aromatic N) is 2. The van der Waals surface area contributed by atoms with E-state index in [0.717, 1.165) is 5.39 Å².